The lowest BCUT2D eigenvalue weighted by Gasteiger charge is -2.30. The first-order valence-corrected chi connectivity index (χ1v) is 9.15. The summed E-state index contributed by atoms with van der Waals surface area (Å²) < 4.78 is 0. The van der Waals surface area contributed by atoms with Gasteiger partial charge in [0, 0.05) is 16.8 Å². The third kappa shape index (κ3) is 1.51. The third-order valence-electron chi connectivity index (χ3n) is 5.80. The SMILES string of the molecule is Clc1ccc2c(c1)C1(c3ccccc3-c3ccccc31)c1cccnc1-2. The second-order valence-electron chi connectivity index (χ2n) is 6.93. The zero-order valence-electron chi connectivity index (χ0n) is 13.9. The number of rotatable bonds is 0. The molecule has 1 heterocycles. The lowest BCUT2D eigenvalue weighted by atomic mass is 9.71. The van der Waals surface area contributed by atoms with Crippen molar-refractivity contribution in [1.82, 2.24) is 4.98 Å². The molecular formula is C24H14ClN. The average molecular weight is 352 g/mol. The molecule has 0 aliphatic heterocycles. The summed E-state index contributed by atoms with van der Waals surface area (Å²) in [5, 5.41) is 0.762. The van der Waals surface area contributed by atoms with Crippen molar-refractivity contribution in [2.45, 2.75) is 5.41 Å². The monoisotopic (exact) mass is 351 g/mol. The number of benzene rings is 3. The van der Waals surface area contributed by atoms with Crippen molar-refractivity contribution >= 4 is 11.6 Å². The first-order valence-electron chi connectivity index (χ1n) is 8.77. The second kappa shape index (κ2) is 4.84. The van der Waals surface area contributed by atoms with Gasteiger partial charge < -0.3 is 0 Å². The van der Waals surface area contributed by atoms with Gasteiger partial charge in [-0.15, -0.1) is 0 Å². The third-order valence-corrected chi connectivity index (χ3v) is 6.04. The number of hydrogen-bond acceptors (Lipinski definition) is 1. The summed E-state index contributed by atoms with van der Waals surface area (Å²) in [6, 6.07) is 27.9. The summed E-state index contributed by atoms with van der Waals surface area (Å²) in [6.45, 7) is 0. The van der Waals surface area contributed by atoms with Crippen LogP contribution in [-0.2, 0) is 5.41 Å². The van der Waals surface area contributed by atoms with E-state index >= 15 is 0 Å². The van der Waals surface area contributed by atoms with E-state index in [9.17, 15) is 0 Å². The van der Waals surface area contributed by atoms with Crippen LogP contribution in [-0.4, -0.2) is 4.98 Å². The maximum atomic E-state index is 6.46. The molecule has 0 fully saturated rings. The van der Waals surface area contributed by atoms with Gasteiger partial charge in [-0.1, -0.05) is 72.3 Å². The van der Waals surface area contributed by atoms with Crippen LogP contribution in [0.5, 0.6) is 0 Å². The first-order chi connectivity index (χ1) is 12.8. The number of nitrogens with zero attached hydrogens (tertiary/aromatic N) is 1. The molecule has 122 valence electrons. The molecule has 2 aliphatic rings. The van der Waals surface area contributed by atoms with Gasteiger partial charge in [-0.2, -0.15) is 0 Å². The van der Waals surface area contributed by atoms with E-state index in [-0.39, 0.29) is 5.41 Å². The van der Waals surface area contributed by atoms with Gasteiger partial charge in [0.25, 0.3) is 0 Å². The Hall–Kier alpha value is -2.90. The van der Waals surface area contributed by atoms with E-state index in [0.717, 1.165) is 10.7 Å². The highest BCUT2D eigenvalue weighted by Gasteiger charge is 2.52. The van der Waals surface area contributed by atoms with E-state index < -0.39 is 0 Å². The minimum Gasteiger partial charge on any atom is -0.256 e. The van der Waals surface area contributed by atoms with Crippen molar-refractivity contribution in [2.24, 2.45) is 0 Å². The Morgan fingerprint density at radius 2 is 1.27 bits per heavy atom. The average Bonchev–Trinajstić information content (AvgIpc) is 3.15. The molecule has 0 saturated carbocycles. The molecule has 0 saturated heterocycles. The molecule has 6 rings (SSSR count). The summed E-state index contributed by atoms with van der Waals surface area (Å²) in [6.07, 6.45) is 1.88. The van der Waals surface area contributed by atoms with Crippen molar-refractivity contribution in [3.8, 4) is 22.4 Å². The van der Waals surface area contributed by atoms with Crippen LogP contribution in [0.3, 0.4) is 0 Å². The summed E-state index contributed by atoms with van der Waals surface area (Å²) >= 11 is 6.46. The van der Waals surface area contributed by atoms with Crippen molar-refractivity contribution in [1.29, 1.82) is 0 Å². The van der Waals surface area contributed by atoms with Crippen LogP contribution in [0.4, 0.5) is 0 Å². The van der Waals surface area contributed by atoms with E-state index in [2.05, 4.69) is 66.7 Å². The fourth-order valence-corrected chi connectivity index (χ4v) is 5.09. The molecule has 1 nitrogen and oxygen atoms in total. The fourth-order valence-electron chi connectivity index (χ4n) is 4.92. The zero-order valence-corrected chi connectivity index (χ0v) is 14.7. The smallest absolute Gasteiger partial charge is 0.0753 e. The molecule has 2 heteroatoms. The number of fused-ring (bicyclic) bond motifs is 10. The van der Waals surface area contributed by atoms with Crippen LogP contribution in [0.2, 0.25) is 5.02 Å². The van der Waals surface area contributed by atoms with Gasteiger partial charge in [0.05, 0.1) is 11.1 Å². The van der Waals surface area contributed by atoms with Crippen LogP contribution in [0.25, 0.3) is 22.4 Å². The van der Waals surface area contributed by atoms with Crippen molar-refractivity contribution in [3.05, 3.63) is 112 Å². The van der Waals surface area contributed by atoms with E-state index in [1.165, 1.54) is 38.9 Å². The largest absolute Gasteiger partial charge is 0.256 e. The zero-order chi connectivity index (χ0) is 17.3. The molecule has 2 aliphatic carbocycles. The van der Waals surface area contributed by atoms with Crippen molar-refractivity contribution < 1.29 is 0 Å². The Labute approximate surface area is 156 Å². The molecule has 0 atom stereocenters. The summed E-state index contributed by atoms with van der Waals surface area (Å²) in [4.78, 5) is 4.75. The number of halogens is 1. The van der Waals surface area contributed by atoms with E-state index in [0.29, 0.717) is 0 Å². The Bertz CT molecular complexity index is 1140. The van der Waals surface area contributed by atoms with Gasteiger partial charge in [-0.25, -0.2) is 0 Å². The summed E-state index contributed by atoms with van der Waals surface area (Å²) in [5.74, 6) is 0. The molecule has 26 heavy (non-hydrogen) atoms. The van der Waals surface area contributed by atoms with Gasteiger partial charge in [-0.3, -0.25) is 4.98 Å². The Morgan fingerprint density at radius 1 is 0.615 bits per heavy atom. The normalized spacial score (nSPS) is 14.7. The van der Waals surface area contributed by atoms with Crippen LogP contribution >= 0.6 is 11.6 Å². The highest BCUT2D eigenvalue weighted by Crippen LogP contribution is 2.62. The topological polar surface area (TPSA) is 12.9 Å². The standard InChI is InChI=1S/C24H14ClN/c25-15-11-12-18-22(14-15)24(21-10-5-13-26-23(18)21)19-8-3-1-6-16(19)17-7-2-4-9-20(17)24/h1-14H. The Balaban J connectivity index is 1.88. The van der Waals surface area contributed by atoms with Gasteiger partial charge in [0.1, 0.15) is 0 Å². The van der Waals surface area contributed by atoms with Gasteiger partial charge in [0.2, 0.25) is 0 Å². The molecule has 0 N–H and O–H groups in total. The number of pyridine rings is 1. The van der Waals surface area contributed by atoms with Crippen molar-refractivity contribution in [3.63, 3.8) is 0 Å². The predicted molar refractivity (Wildman–Crippen MR) is 106 cm³/mol. The van der Waals surface area contributed by atoms with E-state index in [1.54, 1.807) is 0 Å². The van der Waals surface area contributed by atoms with Crippen molar-refractivity contribution in [2.75, 3.05) is 0 Å². The molecule has 4 aromatic rings. The minimum absolute atomic E-state index is 0.336. The molecule has 1 aromatic heterocycles. The highest BCUT2D eigenvalue weighted by atomic mass is 35.5. The lowest BCUT2D eigenvalue weighted by Crippen LogP contribution is -2.25. The lowest BCUT2D eigenvalue weighted by molar-refractivity contribution is 0.791. The van der Waals surface area contributed by atoms with Gasteiger partial charge in [0.15, 0.2) is 0 Å². The summed E-state index contributed by atoms with van der Waals surface area (Å²) in [7, 11) is 0. The molecule has 0 radical (unpaired) electrons. The molecule has 0 bridgehead atoms. The first kappa shape index (κ1) is 14.3. The molecule has 1 spiro atoms. The minimum atomic E-state index is -0.336. The van der Waals surface area contributed by atoms with Crippen LogP contribution in [0.15, 0.2) is 85.1 Å². The highest BCUT2D eigenvalue weighted by molar-refractivity contribution is 6.30. The summed E-state index contributed by atoms with van der Waals surface area (Å²) in [5.41, 5.74) is 9.61. The van der Waals surface area contributed by atoms with E-state index in [4.69, 9.17) is 16.6 Å². The van der Waals surface area contributed by atoms with Crippen LogP contribution in [0.1, 0.15) is 22.3 Å². The van der Waals surface area contributed by atoms with Gasteiger partial charge >= 0.3 is 0 Å². The maximum Gasteiger partial charge on any atom is 0.0753 e. The number of hydrogen-bond donors (Lipinski definition) is 0. The van der Waals surface area contributed by atoms with E-state index in [1.807, 2.05) is 18.3 Å². The Kier molecular flexibility index (Phi) is 2.66. The second-order valence-corrected chi connectivity index (χ2v) is 7.37. The molecule has 0 unspecified atom stereocenters. The molecular weight excluding hydrogens is 338 g/mol. The predicted octanol–water partition coefficient (Wildman–Crippen LogP) is 6.08. The quantitative estimate of drug-likeness (QED) is 0.323. The van der Waals surface area contributed by atoms with Crippen LogP contribution < -0.4 is 0 Å². The molecule has 0 amide bonds. The number of aromatic nitrogens is 1. The molecule has 3 aromatic carbocycles. The van der Waals surface area contributed by atoms with Crippen LogP contribution in [0, 0.1) is 0 Å². The maximum absolute atomic E-state index is 6.46. The van der Waals surface area contributed by atoms with Gasteiger partial charge in [-0.05, 0) is 51.6 Å². The fraction of sp³-hybridized carbons (Fsp3) is 0.0417. The Morgan fingerprint density at radius 3 is 2.00 bits per heavy atom.